The lowest BCUT2D eigenvalue weighted by Crippen LogP contribution is -2.29. The number of anilines is 2. The lowest BCUT2D eigenvalue weighted by molar-refractivity contribution is -0.433. The molecule has 372 valence electrons. The van der Waals surface area contributed by atoms with E-state index < -0.39 is 31.1 Å². The summed E-state index contributed by atoms with van der Waals surface area (Å²) in [7, 11) is -8.88. The first-order chi connectivity index (χ1) is 33.7. The molecule has 17 heteroatoms. The van der Waals surface area contributed by atoms with Crippen molar-refractivity contribution in [2.45, 2.75) is 107 Å². The molecule has 1 aromatic heterocycles. The van der Waals surface area contributed by atoms with Gasteiger partial charge in [0.1, 0.15) is 18.2 Å². The number of nitrogens with zero attached hydrogens (tertiary/aromatic N) is 4. The average Bonchev–Trinajstić information content (AvgIpc) is 3.70. The SMILES string of the molecule is CCN1/C(=C/C=C/C=C/C2=[N+](CC)c3ccc(S(=O)(=O)O)cc3C2(C)C)C(C)(CCCC(=O)NCc2ccc(C(=O)NCc3ccc(CCCc4nccc(N)n4)cc3)cc2)c2cc(S(=O)(=O)O)ccc21. The van der Waals surface area contributed by atoms with Crippen LogP contribution in [-0.4, -0.2) is 71.1 Å². The Morgan fingerprint density at radius 2 is 1.39 bits per heavy atom. The summed E-state index contributed by atoms with van der Waals surface area (Å²) >= 11 is 0. The number of carbonyl (C=O) groups is 2. The molecule has 5 aromatic rings. The maximum atomic E-state index is 13.3. The fourth-order valence-corrected chi connectivity index (χ4v) is 10.6. The molecule has 0 aliphatic carbocycles. The average molecular weight is 1000 g/mol. The molecule has 6 N–H and O–H groups in total. The van der Waals surface area contributed by atoms with Gasteiger partial charge in [-0.25, -0.2) is 9.97 Å². The van der Waals surface area contributed by atoms with Crippen LogP contribution in [0.2, 0.25) is 0 Å². The summed E-state index contributed by atoms with van der Waals surface area (Å²) in [5.41, 5.74) is 13.0. The molecule has 0 saturated heterocycles. The molecule has 15 nitrogen and oxygen atoms in total. The van der Waals surface area contributed by atoms with Gasteiger partial charge in [0.15, 0.2) is 5.71 Å². The van der Waals surface area contributed by atoms with Gasteiger partial charge in [0, 0.05) is 78.7 Å². The number of nitrogen functional groups attached to an aromatic ring is 1. The van der Waals surface area contributed by atoms with Crippen molar-refractivity contribution in [3.63, 3.8) is 0 Å². The normalized spacial score (nSPS) is 17.1. The van der Waals surface area contributed by atoms with Crippen LogP contribution in [0.4, 0.5) is 17.2 Å². The number of nitrogens with one attached hydrogen (secondary N) is 2. The molecule has 2 aliphatic heterocycles. The van der Waals surface area contributed by atoms with Gasteiger partial charge in [-0.15, -0.1) is 0 Å². The fraction of sp³-hybridized carbons (Fsp3) is 0.315. The highest BCUT2D eigenvalue weighted by molar-refractivity contribution is 7.86. The zero-order valence-electron chi connectivity index (χ0n) is 40.7. The Labute approximate surface area is 416 Å². The highest BCUT2D eigenvalue weighted by Crippen LogP contribution is 2.51. The van der Waals surface area contributed by atoms with Gasteiger partial charge >= 0.3 is 0 Å². The number of likely N-dealkylation sites (N-methyl/N-ethyl adjacent to an activating group) is 1. The molecule has 1 atom stereocenters. The summed E-state index contributed by atoms with van der Waals surface area (Å²) in [5.74, 6) is 0.833. The van der Waals surface area contributed by atoms with Gasteiger partial charge in [-0.3, -0.25) is 18.7 Å². The second kappa shape index (κ2) is 21.7. The Kier molecular flexibility index (Phi) is 15.9. The molecule has 2 amide bonds. The van der Waals surface area contributed by atoms with Crippen LogP contribution in [0.3, 0.4) is 0 Å². The third-order valence-electron chi connectivity index (χ3n) is 13.4. The van der Waals surface area contributed by atoms with Gasteiger partial charge in [0.2, 0.25) is 11.6 Å². The zero-order chi connectivity index (χ0) is 51.1. The number of nitrogens with two attached hydrogens (primary N) is 1. The van der Waals surface area contributed by atoms with E-state index in [0.29, 0.717) is 43.9 Å². The van der Waals surface area contributed by atoms with E-state index in [0.717, 1.165) is 70.1 Å². The van der Waals surface area contributed by atoms with Gasteiger partial charge < -0.3 is 21.3 Å². The Bertz CT molecular complexity index is 3170. The number of allylic oxidation sites excluding steroid dienone is 6. The topological polar surface area (TPSA) is 225 Å². The molecular formula is C54H62N7O8S2+. The number of rotatable bonds is 20. The number of benzene rings is 4. The molecule has 71 heavy (non-hydrogen) atoms. The Morgan fingerprint density at radius 3 is 2.04 bits per heavy atom. The largest absolute Gasteiger partial charge is 0.384 e. The van der Waals surface area contributed by atoms with Gasteiger partial charge in [-0.2, -0.15) is 21.4 Å². The lowest BCUT2D eigenvalue weighted by Gasteiger charge is -2.30. The van der Waals surface area contributed by atoms with E-state index in [1.54, 1.807) is 36.5 Å². The number of hydrogen-bond donors (Lipinski definition) is 5. The zero-order valence-corrected chi connectivity index (χ0v) is 42.4. The Hall–Kier alpha value is -6.79. The Balaban J connectivity index is 0.952. The number of amides is 2. The highest BCUT2D eigenvalue weighted by atomic mass is 32.2. The van der Waals surface area contributed by atoms with Crippen molar-refractivity contribution in [2.75, 3.05) is 23.7 Å². The van der Waals surface area contributed by atoms with Gasteiger partial charge in [0.25, 0.3) is 26.1 Å². The first kappa shape index (κ1) is 52.0. The van der Waals surface area contributed by atoms with Crippen LogP contribution in [0, 0.1) is 0 Å². The molecule has 0 bridgehead atoms. The van der Waals surface area contributed by atoms with Gasteiger partial charge in [-0.05, 0) is 137 Å². The van der Waals surface area contributed by atoms with Gasteiger partial charge in [0.05, 0.1) is 15.2 Å². The second-order valence-corrected chi connectivity index (χ2v) is 21.4. The van der Waals surface area contributed by atoms with E-state index in [1.165, 1.54) is 29.8 Å². The van der Waals surface area contributed by atoms with E-state index in [1.807, 2.05) is 89.3 Å². The van der Waals surface area contributed by atoms with E-state index in [-0.39, 0.29) is 34.6 Å². The minimum absolute atomic E-state index is 0.155. The number of fused-ring (bicyclic) bond motifs is 2. The summed E-state index contributed by atoms with van der Waals surface area (Å²) in [6, 6.07) is 26.2. The van der Waals surface area contributed by atoms with Crippen LogP contribution in [-0.2, 0) is 61.8 Å². The summed E-state index contributed by atoms with van der Waals surface area (Å²) < 4.78 is 70.5. The molecule has 7 rings (SSSR count). The fourth-order valence-electron chi connectivity index (χ4n) is 9.57. The van der Waals surface area contributed by atoms with E-state index in [2.05, 4.69) is 42.2 Å². The smallest absolute Gasteiger partial charge is 0.294 e. The van der Waals surface area contributed by atoms with Crippen molar-refractivity contribution in [3.8, 4) is 0 Å². The number of hydrogen-bond acceptors (Lipinski definition) is 10. The minimum Gasteiger partial charge on any atom is -0.384 e. The Morgan fingerprint density at radius 1 is 0.761 bits per heavy atom. The summed E-state index contributed by atoms with van der Waals surface area (Å²) in [6.45, 7) is 11.9. The summed E-state index contributed by atoms with van der Waals surface area (Å²) in [6.07, 6.45) is 15.0. The lowest BCUT2D eigenvalue weighted by atomic mass is 9.77. The number of aryl methyl sites for hydroxylation is 2. The van der Waals surface area contributed by atoms with Crippen molar-refractivity contribution >= 4 is 55.0 Å². The van der Waals surface area contributed by atoms with E-state index >= 15 is 0 Å². The number of aromatic nitrogens is 2. The monoisotopic (exact) mass is 1000 g/mol. The standard InChI is InChI=1S/C54H61N7O8S2/c1-6-60-45-28-26-41(70(64,65)66)33-43(45)53(3,4)47(60)14-9-8-10-15-48-54(5,44-34-42(71(67,68)69)27-29-46(44)61(48)7-2)31-12-17-51(62)57-35-39-22-24-40(25-23-39)52(63)58-36-38-20-18-37(19-21-38)13-11-16-50-56-32-30-49(55)59-50/h8-10,14-15,18-30,32-34H,6-7,11-13,16-17,31,35-36H2,1-5H3,(H5-,55,56,57,58,59,62,63,64,65,66,67,68,69)/p+1. The first-order valence-corrected chi connectivity index (χ1v) is 26.6. The molecule has 2 aliphatic rings. The highest BCUT2D eigenvalue weighted by Gasteiger charge is 2.45. The molecule has 1 unspecified atom stereocenters. The third-order valence-corrected chi connectivity index (χ3v) is 15.1. The minimum atomic E-state index is -4.50. The molecule has 0 radical (unpaired) electrons. The summed E-state index contributed by atoms with van der Waals surface area (Å²) in [4.78, 5) is 36.5. The molecule has 0 spiro atoms. The first-order valence-electron chi connectivity index (χ1n) is 23.7. The van der Waals surface area contributed by atoms with Crippen LogP contribution in [0.5, 0.6) is 0 Å². The van der Waals surface area contributed by atoms with Crippen molar-refractivity contribution in [1.29, 1.82) is 0 Å². The van der Waals surface area contributed by atoms with Gasteiger partial charge in [-0.1, -0.05) is 54.6 Å². The molecular weight excluding hydrogens is 939 g/mol. The van der Waals surface area contributed by atoms with Crippen molar-refractivity contribution < 1.29 is 40.1 Å². The van der Waals surface area contributed by atoms with Crippen LogP contribution in [0.25, 0.3) is 0 Å². The third kappa shape index (κ3) is 12.0. The predicted octanol–water partition coefficient (Wildman–Crippen LogP) is 8.33. The van der Waals surface area contributed by atoms with Crippen LogP contribution < -0.4 is 21.3 Å². The van der Waals surface area contributed by atoms with Crippen molar-refractivity contribution in [2.24, 2.45) is 0 Å². The molecule has 0 fully saturated rings. The van der Waals surface area contributed by atoms with Crippen LogP contribution in [0.15, 0.2) is 143 Å². The number of carbonyl (C=O) groups excluding carboxylic acids is 2. The molecule has 4 aromatic carbocycles. The van der Waals surface area contributed by atoms with E-state index in [9.17, 15) is 35.5 Å². The van der Waals surface area contributed by atoms with Crippen LogP contribution >= 0.6 is 0 Å². The quantitative estimate of drug-likeness (QED) is 0.0282. The maximum Gasteiger partial charge on any atom is 0.294 e. The summed E-state index contributed by atoms with van der Waals surface area (Å²) in [5, 5.41) is 5.96. The van der Waals surface area contributed by atoms with Crippen LogP contribution in [0.1, 0.15) is 104 Å². The second-order valence-electron chi connectivity index (χ2n) is 18.5. The molecule has 0 saturated carbocycles. The molecule has 3 heterocycles. The van der Waals surface area contributed by atoms with Crippen molar-refractivity contribution in [3.05, 3.63) is 172 Å². The van der Waals surface area contributed by atoms with E-state index in [4.69, 9.17) is 5.73 Å². The van der Waals surface area contributed by atoms with Crippen molar-refractivity contribution in [1.82, 2.24) is 20.6 Å². The maximum absolute atomic E-state index is 13.3. The predicted molar refractivity (Wildman–Crippen MR) is 276 cm³/mol.